The second kappa shape index (κ2) is 9.26. The number of hydrogen-bond acceptors (Lipinski definition) is 6. The molecular weight excluding hydrogens is 422 g/mol. The summed E-state index contributed by atoms with van der Waals surface area (Å²) in [5.41, 5.74) is -1.19. The number of fused-ring (bicyclic) bond motifs is 1. The Bertz CT molecular complexity index is 735. The van der Waals surface area contributed by atoms with Crippen molar-refractivity contribution in [3.8, 4) is 0 Å². The zero-order chi connectivity index (χ0) is 23.7. The Morgan fingerprint density at radius 1 is 1.35 bits per heavy atom. The minimum atomic E-state index is -1.00. The molecule has 0 saturated carbocycles. The molecule has 4 atom stereocenters. The number of aliphatic carboxylic acids is 1. The van der Waals surface area contributed by atoms with Crippen LogP contribution in [0.3, 0.4) is 0 Å². The van der Waals surface area contributed by atoms with Gasteiger partial charge in [-0.15, -0.1) is 11.8 Å². The number of ether oxygens (including phenoxy) is 1. The van der Waals surface area contributed by atoms with Gasteiger partial charge in [-0.2, -0.15) is 0 Å². The van der Waals surface area contributed by atoms with Crippen molar-refractivity contribution >= 4 is 35.6 Å². The summed E-state index contributed by atoms with van der Waals surface area (Å²) < 4.78 is 5.29. The molecule has 2 rings (SSSR count). The van der Waals surface area contributed by atoms with E-state index in [0.717, 1.165) is 0 Å². The van der Waals surface area contributed by atoms with Gasteiger partial charge in [0.15, 0.2) is 0 Å². The van der Waals surface area contributed by atoms with Crippen LogP contribution in [0.5, 0.6) is 0 Å². The van der Waals surface area contributed by atoms with Gasteiger partial charge in [0.05, 0.1) is 11.3 Å². The molecule has 2 saturated heterocycles. The fourth-order valence-corrected chi connectivity index (χ4v) is 5.60. The van der Waals surface area contributed by atoms with Crippen molar-refractivity contribution in [1.29, 1.82) is 0 Å². The van der Waals surface area contributed by atoms with Gasteiger partial charge < -0.3 is 20.1 Å². The van der Waals surface area contributed by atoms with E-state index in [4.69, 9.17) is 4.74 Å². The Hall–Kier alpha value is -1.97. The van der Waals surface area contributed by atoms with Crippen molar-refractivity contribution in [2.75, 3.05) is 19.3 Å². The van der Waals surface area contributed by atoms with E-state index in [1.165, 1.54) is 16.8 Å². The highest BCUT2D eigenvalue weighted by molar-refractivity contribution is 7.99. The SMILES string of the molecule is C[C@@H](C(=O)NCC1CCS[C@H]2CC(C)(C)[C@@H](C(=O)O)N2C1=O)N(C)C(=O)OC(C)(C)C. The minimum absolute atomic E-state index is 0.0979. The summed E-state index contributed by atoms with van der Waals surface area (Å²) in [4.78, 5) is 52.7. The number of hydrogen-bond donors (Lipinski definition) is 2. The summed E-state index contributed by atoms with van der Waals surface area (Å²) in [5.74, 6) is -1.42. The highest BCUT2D eigenvalue weighted by Gasteiger charge is 2.54. The average molecular weight is 458 g/mol. The van der Waals surface area contributed by atoms with Gasteiger partial charge in [0.25, 0.3) is 0 Å². The van der Waals surface area contributed by atoms with Gasteiger partial charge in [0.2, 0.25) is 11.8 Å². The molecule has 176 valence electrons. The lowest BCUT2D eigenvalue weighted by atomic mass is 9.84. The van der Waals surface area contributed by atoms with Crippen molar-refractivity contribution in [2.45, 2.75) is 77.4 Å². The third-order valence-electron chi connectivity index (χ3n) is 5.81. The largest absolute Gasteiger partial charge is 0.480 e. The molecule has 10 heteroatoms. The maximum absolute atomic E-state index is 13.2. The predicted molar refractivity (Wildman–Crippen MR) is 117 cm³/mol. The van der Waals surface area contributed by atoms with Crippen molar-refractivity contribution in [3.63, 3.8) is 0 Å². The summed E-state index contributed by atoms with van der Waals surface area (Å²) in [5, 5.41) is 12.3. The zero-order valence-corrected chi connectivity index (χ0v) is 20.2. The van der Waals surface area contributed by atoms with Gasteiger partial charge >= 0.3 is 12.1 Å². The van der Waals surface area contributed by atoms with Gasteiger partial charge in [-0.1, -0.05) is 13.8 Å². The molecule has 1 unspecified atom stereocenters. The molecule has 31 heavy (non-hydrogen) atoms. The van der Waals surface area contributed by atoms with E-state index in [0.29, 0.717) is 18.6 Å². The van der Waals surface area contributed by atoms with Crippen LogP contribution in [-0.4, -0.2) is 81.2 Å². The van der Waals surface area contributed by atoms with Crippen LogP contribution in [0.25, 0.3) is 0 Å². The number of carboxylic acid groups (broad SMARTS) is 1. The maximum atomic E-state index is 13.2. The molecule has 0 aromatic rings. The van der Waals surface area contributed by atoms with Gasteiger partial charge in [-0.05, 0) is 51.7 Å². The molecule has 2 N–H and O–H groups in total. The van der Waals surface area contributed by atoms with Crippen molar-refractivity contribution in [3.05, 3.63) is 0 Å². The quantitative estimate of drug-likeness (QED) is 0.650. The monoisotopic (exact) mass is 457 g/mol. The van der Waals surface area contributed by atoms with Crippen LogP contribution in [0.4, 0.5) is 4.79 Å². The summed E-state index contributed by atoms with van der Waals surface area (Å²) in [7, 11) is 1.49. The van der Waals surface area contributed by atoms with E-state index in [9.17, 15) is 24.3 Å². The molecule has 0 aliphatic carbocycles. The highest BCUT2D eigenvalue weighted by atomic mass is 32.2. The van der Waals surface area contributed by atoms with Crippen LogP contribution in [0.15, 0.2) is 0 Å². The number of carbonyl (C=O) groups is 4. The third kappa shape index (κ3) is 5.84. The molecule has 9 nitrogen and oxygen atoms in total. The number of amides is 3. The Kier molecular flexibility index (Phi) is 7.55. The molecule has 2 aliphatic heterocycles. The van der Waals surface area contributed by atoms with Crippen molar-refractivity contribution < 1.29 is 29.0 Å². The summed E-state index contributed by atoms with van der Waals surface area (Å²) in [6.45, 7) is 10.7. The highest BCUT2D eigenvalue weighted by Crippen LogP contribution is 2.46. The van der Waals surface area contributed by atoms with E-state index in [1.807, 2.05) is 13.8 Å². The molecule has 0 aromatic heterocycles. The number of likely N-dealkylation sites (N-methyl/N-ethyl adjacent to an activating group) is 1. The zero-order valence-electron chi connectivity index (χ0n) is 19.4. The Morgan fingerprint density at radius 2 is 1.97 bits per heavy atom. The first-order chi connectivity index (χ1) is 14.2. The number of carboxylic acids is 1. The number of nitrogens with zero attached hydrogens (tertiary/aromatic N) is 2. The molecule has 0 radical (unpaired) electrons. The number of thioether (sulfide) groups is 1. The van der Waals surface area contributed by atoms with Gasteiger partial charge in [0.1, 0.15) is 17.7 Å². The standard InChI is InChI=1S/C21H35N3O6S/c1-12(23(7)19(29)30-20(2,3)4)16(25)22-11-13-8-9-31-14-10-21(5,6)15(18(27)28)24(14)17(13)26/h12-15H,8-11H2,1-7H3,(H,22,25)(H,27,28)/t12-,13?,14-,15+/m0/s1. The molecule has 3 amide bonds. The van der Waals surface area contributed by atoms with Crippen LogP contribution in [0.1, 0.15) is 54.4 Å². The first-order valence-electron chi connectivity index (χ1n) is 10.6. The second-order valence-corrected chi connectivity index (χ2v) is 11.3. The molecule has 2 fully saturated rings. The first-order valence-corrected chi connectivity index (χ1v) is 11.6. The molecule has 2 heterocycles. The van der Waals surface area contributed by atoms with Gasteiger partial charge in [-0.3, -0.25) is 14.5 Å². The van der Waals surface area contributed by atoms with E-state index in [1.54, 1.807) is 39.5 Å². The summed E-state index contributed by atoms with van der Waals surface area (Å²) >= 11 is 1.60. The number of rotatable bonds is 5. The Balaban J connectivity index is 2.03. The first kappa shape index (κ1) is 25.3. The lowest BCUT2D eigenvalue weighted by molar-refractivity contribution is -0.153. The molecule has 0 spiro atoms. The molecule has 0 aromatic carbocycles. The van der Waals surface area contributed by atoms with Crippen LogP contribution in [0, 0.1) is 11.3 Å². The van der Waals surface area contributed by atoms with E-state index in [2.05, 4.69) is 5.32 Å². The van der Waals surface area contributed by atoms with Gasteiger partial charge in [-0.25, -0.2) is 9.59 Å². The Labute approximate surface area is 188 Å². The third-order valence-corrected chi connectivity index (χ3v) is 7.06. The van der Waals surface area contributed by atoms with Crippen molar-refractivity contribution in [2.24, 2.45) is 11.3 Å². The summed E-state index contributed by atoms with van der Waals surface area (Å²) in [6.07, 6.45) is 0.570. The lowest BCUT2D eigenvalue weighted by Crippen LogP contribution is -2.52. The van der Waals surface area contributed by atoms with Crippen LogP contribution in [-0.2, 0) is 19.1 Å². The molecule has 2 aliphatic rings. The van der Waals surface area contributed by atoms with Crippen LogP contribution < -0.4 is 5.32 Å². The smallest absolute Gasteiger partial charge is 0.410 e. The topological polar surface area (TPSA) is 116 Å². The fraction of sp³-hybridized carbons (Fsp3) is 0.810. The lowest BCUT2D eigenvalue weighted by Gasteiger charge is -2.32. The maximum Gasteiger partial charge on any atom is 0.410 e. The van der Waals surface area contributed by atoms with Crippen molar-refractivity contribution in [1.82, 2.24) is 15.1 Å². The van der Waals surface area contributed by atoms with Crippen LogP contribution in [0.2, 0.25) is 0 Å². The predicted octanol–water partition coefficient (Wildman–Crippen LogP) is 2.15. The average Bonchev–Trinajstić information content (AvgIpc) is 2.82. The normalized spacial score (nSPS) is 26.5. The fourth-order valence-electron chi connectivity index (χ4n) is 3.97. The minimum Gasteiger partial charge on any atom is -0.480 e. The van der Waals surface area contributed by atoms with E-state index in [-0.39, 0.29) is 17.8 Å². The number of carbonyl (C=O) groups excluding carboxylic acids is 3. The number of nitrogens with one attached hydrogen (secondary N) is 1. The second-order valence-electron chi connectivity index (χ2n) is 10.0. The summed E-state index contributed by atoms with van der Waals surface area (Å²) in [6, 6.07) is -1.67. The van der Waals surface area contributed by atoms with E-state index < -0.39 is 47.0 Å². The Morgan fingerprint density at radius 3 is 2.52 bits per heavy atom. The molecule has 0 bridgehead atoms. The van der Waals surface area contributed by atoms with Crippen LogP contribution >= 0.6 is 11.8 Å². The van der Waals surface area contributed by atoms with Gasteiger partial charge in [0, 0.05) is 13.6 Å². The van der Waals surface area contributed by atoms with E-state index >= 15 is 0 Å². The molecular formula is C21H35N3O6S.